The van der Waals surface area contributed by atoms with Gasteiger partial charge in [0, 0.05) is 7.11 Å². The maximum atomic E-state index is 9.31. The molecule has 1 aromatic rings. The second kappa shape index (κ2) is 4.98. The summed E-state index contributed by atoms with van der Waals surface area (Å²) in [7, 11) is 1.63. The van der Waals surface area contributed by atoms with Gasteiger partial charge in [-0.25, -0.2) is 0 Å². The van der Waals surface area contributed by atoms with Crippen molar-refractivity contribution in [2.24, 2.45) is 5.73 Å². The molecule has 0 unspecified atom stereocenters. The van der Waals surface area contributed by atoms with E-state index in [-0.39, 0.29) is 11.8 Å². The first kappa shape index (κ1) is 11.0. The van der Waals surface area contributed by atoms with Crippen LogP contribution in [0.4, 0.5) is 0 Å². The zero-order valence-electron chi connectivity index (χ0n) is 8.66. The van der Waals surface area contributed by atoms with Crippen molar-refractivity contribution in [1.82, 2.24) is 0 Å². The van der Waals surface area contributed by atoms with Gasteiger partial charge in [0.2, 0.25) is 0 Å². The van der Waals surface area contributed by atoms with Gasteiger partial charge in [-0.2, -0.15) is 0 Å². The molecular formula is C11H17NO2. The lowest BCUT2D eigenvalue weighted by Crippen LogP contribution is -2.17. The Balaban J connectivity index is 2.95. The number of nitrogens with two attached hydrogens (primary N) is 1. The van der Waals surface area contributed by atoms with Crippen LogP contribution in [0.15, 0.2) is 18.2 Å². The molecule has 0 spiro atoms. The molecule has 0 bridgehead atoms. The SMILES string of the molecule is CCc1cc(O)ccc1[C@H](N)COC. The summed E-state index contributed by atoms with van der Waals surface area (Å²) in [5.41, 5.74) is 8.05. The van der Waals surface area contributed by atoms with Crippen molar-refractivity contribution in [2.75, 3.05) is 13.7 Å². The minimum atomic E-state index is -0.115. The lowest BCUT2D eigenvalue weighted by molar-refractivity contribution is 0.180. The molecule has 3 N–H and O–H groups in total. The summed E-state index contributed by atoms with van der Waals surface area (Å²) in [5, 5.41) is 9.31. The highest BCUT2D eigenvalue weighted by atomic mass is 16.5. The number of hydrogen-bond acceptors (Lipinski definition) is 3. The van der Waals surface area contributed by atoms with Gasteiger partial charge in [0.1, 0.15) is 5.75 Å². The predicted molar refractivity (Wildman–Crippen MR) is 56.3 cm³/mol. The molecule has 0 saturated carbocycles. The number of hydrogen-bond donors (Lipinski definition) is 2. The van der Waals surface area contributed by atoms with Gasteiger partial charge >= 0.3 is 0 Å². The Morgan fingerprint density at radius 1 is 1.50 bits per heavy atom. The fraction of sp³-hybridized carbons (Fsp3) is 0.455. The van der Waals surface area contributed by atoms with Gasteiger partial charge in [0.05, 0.1) is 12.6 Å². The average Bonchev–Trinajstić information content (AvgIpc) is 2.17. The molecule has 1 atom stereocenters. The van der Waals surface area contributed by atoms with Crippen LogP contribution in [-0.2, 0) is 11.2 Å². The van der Waals surface area contributed by atoms with E-state index in [1.54, 1.807) is 19.2 Å². The van der Waals surface area contributed by atoms with Crippen LogP contribution in [0.1, 0.15) is 24.1 Å². The van der Waals surface area contributed by atoms with Crippen molar-refractivity contribution in [3.63, 3.8) is 0 Å². The molecule has 3 nitrogen and oxygen atoms in total. The molecule has 1 aromatic carbocycles. The summed E-state index contributed by atoms with van der Waals surface area (Å²) in [6.45, 7) is 2.54. The third-order valence-electron chi connectivity index (χ3n) is 2.25. The first-order valence-electron chi connectivity index (χ1n) is 4.75. The second-order valence-corrected chi connectivity index (χ2v) is 3.30. The van der Waals surface area contributed by atoms with E-state index >= 15 is 0 Å². The number of aryl methyl sites for hydroxylation is 1. The van der Waals surface area contributed by atoms with Crippen LogP contribution in [0.3, 0.4) is 0 Å². The molecule has 0 amide bonds. The zero-order chi connectivity index (χ0) is 10.6. The number of phenols is 1. The molecule has 0 fully saturated rings. The first-order chi connectivity index (χ1) is 6.69. The van der Waals surface area contributed by atoms with Crippen molar-refractivity contribution in [2.45, 2.75) is 19.4 Å². The maximum Gasteiger partial charge on any atom is 0.115 e. The fourth-order valence-electron chi connectivity index (χ4n) is 1.53. The topological polar surface area (TPSA) is 55.5 Å². The zero-order valence-corrected chi connectivity index (χ0v) is 8.66. The molecule has 78 valence electrons. The second-order valence-electron chi connectivity index (χ2n) is 3.30. The Bertz CT molecular complexity index is 299. The molecule has 14 heavy (non-hydrogen) atoms. The van der Waals surface area contributed by atoms with E-state index < -0.39 is 0 Å². The van der Waals surface area contributed by atoms with Crippen molar-refractivity contribution in [3.8, 4) is 5.75 Å². The van der Waals surface area contributed by atoms with E-state index in [9.17, 15) is 5.11 Å². The van der Waals surface area contributed by atoms with Gasteiger partial charge in [0.15, 0.2) is 0 Å². The van der Waals surface area contributed by atoms with E-state index in [1.165, 1.54) is 0 Å². The Labute approximate surface area is 84.5 Å². The summed E-state index contributed by atoms with van der Waals surface area (Å²) < 4.78 is 5.00. The Kier molecular flexibility index (Phi) is 3.92. The number of benzene rings is 1. The molecule has 3 heteroatoms. The minimum absolute atomic E-state index is 0.115. The molecule has 0 aliphatic carbocycles. The minimum Gasteiger partial charge on any atom is -0.508 e. The normalized spacial score (nSPS) is 12.8. The van der Waals surface area contributed by atoms with Crippen molar-refractivity contribution < 1.29 is 9.84 Å². The van der Waals surface area contributed by atoms with Crippen LogP contribution in [0.25, 0.3) is 0 Å². The van der Waals surface area contributed by atoms with E-state index in [1.807, 2.05) is 13.0 Å². The van der Waals surface area contributed by atoms with Gasteiger partial charge in [-0.1, -0.05) is 13.0 Å². The van der Waals surface area contributed by atoms with Gasteiger partial charge in [-0.15, -0.1) is 0 Å². The average molecular weight is 195 g/mol. The standard InChI is InChI=1S/C11H17NO2/c1-3-8-6-9(13)4-5-10(8)11(12)7-14-2/h4-6,11,13H,3,7,12H2,1-2H3/t11-/m1/s1. The molecule has 0 aliphatic heterocycles. The summed E-state index contributed by atoms with van der Waals surface area (Å²) in [6.07, 6.45) is 0.862. The Morgan fingerprint density at radius 3 is 2.79 bits per heavy atom. The van der Waals surface area contributed by atoms with Gasteiger partial charge in [-0.05, 0) is 29.7 Å². The van der Waals surface area contributed by atoms with Gasteiger partial charge < -0.3 is 15.6 Å². The highest BCUT2D eigenvalue weighted by molar-refractivity contribution is 5.36. The molecular weight excluding hydrogens is 178 g/mol. The number of methoxy groups -OCH3 is 1. The molecule has 0 heterocycles. The highest BCUT2D eigenvalue weighted by Gasteiger charge is 2.10. The number of aromatic hydroxyl groups is 1. The summed E-state index contributed by atoms with van der Waals surface area (Å²) in [5.74, 6) is 0.287. The van der Waals surface area contributed by atoms with E-state index in [0.717, 1.165) is 17.5 Å². The van der Waals surface area contributed by atoms with E-state index in [4.69, 9.17) is 10.5 Å². The predicted octanol–water partition coefficient (Wildman–Crippen LogP) is 1.60. The largest absolute Gasteiger partial charge is 0.508 e. The van der Waals surface area contributed by atoms with E-state index in [2.05, 4.69) is 0 Å². The van der Waals surface area contributed by atoms with Gasteiger partial charge in [-0.3, -0.25) is 0 Å². The highest BCUT2D eigenvalue weighted by Crippen LogP contribution is 2.21. The van der Waals surface area contributed by atoms with Crippen molar-refractivity contribution in [3.05, 3.63) is 29.3 Å². The van der Waals surface area contributed by atoms with Crippen molar-refractivity contribution >= 4 is 0 Å². The monoisotopic (exact) mass is 195 g/mol. The van der Waals surface area contributed by atoms with Gasteiger partial charge in [0.25, 0.3) is 0 Å². The maximum absolute atomic E-state index is 9.31. The number of rotatable bonds is 4. The van der Waals surface area contributed by atoms with Crippen LogP contribution in [0.5, 0.6) is 5.75 Å². The number of ether oxygens (including phenoxy) is 1. The van der Waals surface area contributed by atoms with Crippen molar-refractivity contribution in [1.29, 1.82) is 0 Å². The Morgan fingerprint density at radius 2 is 2.21 bits per heavy atom. The first-order valence-corrected chi connectivity index (χ1v) is 4.75. The smallest absolute Gasteiger partial charge is 0.115 e. The van der Waals surface area contributed by atoms with Crippen LogP contribution < -0.4 is 5.73 Å². The Hall–Kier alpha value is -1.06. The summed E-state index contributed by atoms with van der Waals surface area (Å²) >= 11 is 0. The third-order valence-corrected chi connectivity index (χ3v) is 2.25. The lowest BCUT2D eigenvalue weighted by Gasteiger charge is -2.15. The van der Waals surface area contributed by atoms with Crippen LogP contribution in [0, 0.1) is 0 Å². The van der Waals surface area contributed by atoms with Crippen LogP contribution in [0.2, 0.25) is 0 Å². The fourth-order valence-corrected chi connectivity index (χ4v) is 1.53. The lowest BCUT2D eigenvalue weighted by atomic mass is 9.99. The molecule has 0 radical (unpaired) electrons. The molecule has 0 saturated heterocycles. The third kappa shape index (κ3) is 2.47. The van der Waals surface area contributed by atoms with E-state index in [0.29, 0.717) is 6.61 Å². The molecule has 0 aliphatic rings. The number of phenolic OH excluding ortho intramolecular Hbond substituents is 1. The summed E-state index contributed by atoms with van der Waals surface area (Å²) in [4.78, 5) is 0. The molecule has 1 rings (SSSR count). The summed E-state index contributed by atoms with van der Waals surface area (Å²) in [6, 6.07) is 5.16. The quantitative estimate of drug-likeness (QED) is 0.767. The van der Waals surface area contributed by atoms with Crippen LogP contribution >= 0.6 is 0 Å². The molecule has 0 aromatic heterocycles. The van der Waals surface area contributed by atoms with Crippen LogP contribution in [-0.4, -0.2) is 18.8 Å².